The van der Waals surface area contributed by atoms with Crippen molar-refractivity contribution >= 4 is 0 Å². The molecule has 1 unspecified atom stereocenters. The second kappa shape index (κ2) is 7.35. The fourth-order valence-corrected chi connectivity index (χ4v) is 1.64. The van der Waals surface area contributed by atoms with E-state index in [0.29, 0.717) is 6.61 Å². The Morgan fingerprint density at radius 1 is 1.35 bits per heavy atom. The Bertz CT molecular complexity index is 341. The van der Waals surface area contributed by atoms with Gasteiger partial charge in [0.2, 0.25) is 0 Å². The predicted molar refractivity (Wildman–Crippen MR) is 68.9 cm³/mol. The lowest BCUT2D eigenvalue weighted by atomic mass is 10.1. The van der Waals surface area contributed by atoms with E-state index in [4.69, 9.17) is 10.5 Å². The maximum absolute atomic E-state index is 5.94. The predicted octanol–water partition coefficient (Wildman–Crippen LogP) is 1.64. The summed E-state index contributed by atoms with van der Waals surface area (Å²) in [6.45, 7) is 7.49. The fraction of sp³-hybridized carbons (Fsp3) is 0.692. The topological polar surface area (TPSA) is 61.0 Å². The molecule has 4 heteroatoms. The molecule has 1 aromatic heterocycles. The third-order valence-electron chi connectivity index (χ3n) is 2.62. The van der Waals surface area contributed by atoms with Gasteiger partial charge in [0, 0.05) is 36.9 Å². The Morgan fingerprint density at radius 3 is 2.76 bits per heavy atom. The second-order valence-corrected chi connectivity index (χ2v) is 4.24. The molecule has 1 heterocycles. The van der Waals surface area contributed by atoms with Gasteiger partial charge < -0.3 is 10.5 Å². The van der Waals surface area contributed by atoms with Crippen LogP contribution in [0.25, 0.3) is 0 Å². The van der Waals surface area contributed by atoms with Crippen molar-refractivity contribution < 1.29 is 4.74 Å². The van der Waals surface area contributed by atoms with Crippen LogP contribution in [0.2, 0.25) is 0 Å². The van der Waals surface area contributed by atoms with Gasteiger partial charge in [0.05, 0.1) is 6.61 Å². The van der Waals surface area contributed by atoms with Crippen LogP contribution in [-0.2, 0) is 17.6 Å². The molecule has 0 aliphatic heterocycles. The monoisotopic (exact) mass is 237 g/mol. The Kier molecular flexibility index (Phi) is 6.08. The molecule has 2 N–H and O–H groups in total. The van der Waals surface area contributed by atoms with Crippen molar-refractivity contribution in [3.63, 3.8) is 0 Å². The molecule has 96 valence electrons. The van der Waals surface area contributed by atoms with Crippen LogP contribution in [0.3, 0.4) is 0 Å². The molecule has 0 bridgehead atoms. The van der Waals surface area contributed by atoms with Gasteiger partial charge in [0.25, 0.3) is 0 Å². The average Bonchev–Trinajstić information content (AvgIpc) is 2.28. The molecule has 0 aromatic carbocycles. The van der Waals surface area contributed by atoms with E-state index in [0.717, 1.165) is 43.1 Å². The number of nitrogens with zero attached hydrogens (tertiary/aromatic N) is 2. The van der Waals surface area contributed by atoms with E-state index in [2.05, 4.69) is 16.9 Å². The standard InChI is InChI=1S/C13H23N3O/c1-4-11(14)9-12-8-10(3)15-13(16-12)6-7-17-5-2/h8,11H,4-7,9,14H2,1-3H3. The molecule has 0 saturated carbocycles. The Labute approximate surface area is 104 Å². The van der Waals surface area contributed by atoms with Crippen LogP contribution in [0.1, 0.15) is 37.5 Å². The molecule has 1 atom stereocenters. The Hall–Kier alpha value is -1.00. The molecule has 4 nitrogen and oxygen atoms in total. The lowest BCUT2D eigenvalue weighted by Crippen LogP contribution is -2.22. The van der Waals surface area contributed by atoms with E-state index in [1.54, 1.807) is 0 Å². The summed E-state index contributed by atoms with van der Waals surface area (Å²) < 4.78 is 5.31. The normalized spacial score (nSPS) is 12.7. The van der Waals surface area contributed by atoms with E-state index in [-0.39, 0.29) is 6.04 Å². The summed E-state index contributed by atoms with van der Waals surface area (Å²) in [7, 11) is 0. The number of rotatable bonds is 7. The van der Waals surface area contributed by atoms with Crippen LogP contribution in [-0.4, -0.2) is 29.2 Å². The van der Waals surface area contributed by atoms with Crippen LogP contribution in [0, 0.1) is 6.92 Å². The first-order chi connectivity index (χ1) is 8.15. The van der Waals surface area contributed by atoms with Crippen molar-refractivity contribution in [1.29, 1.82) is 0 Å². The summed E-state index contributed by atoms with van der Waals surface area (Å²) in [6.07, 6.45) is 2.56. The molecule has 0 fully saturated rings. The number of aryl methyl sites for hydroxylation is 1. The highest BCUT2D eigenvalue weighted by Crippen LogP contribution is 2.05. The molecule has 0 saturated heterocycles. The number of aromatic nitrogens is 2. The molecule has 1 aromatic rings. The van der Waals surface area contributed by atoms with Crippen molar-refractivity contribution in [1.82, 2.24) is 9.97 Å². The minimum absolute atomic E-state index is 0.184. The number of hydrogen-bond acceptors (Lipinski definition) is 4. The van der Waals surface area contributed by atoms with Gasteiger partial charge in [-0.15, -0.1) is 0 Å². The maximum atomic E-state index is 5.94. The number of nitrogens with two attached hydrogens (primary N) is 1. The maximum Gasteiger partial charge on any atom is 0.131 e. The lowest BCUT2D eigenvalue weighted by molar-refractivity contribution is 0.149. The summed E-state index contributed by atoms with van der Waals surface area (Å²) in [4.78, 5) is 8.93. The lowest BCUT2D eigenvalue weighted by Gasteiger charge is -2.10. The number of ether oxygens (including phenoxy) is 1. The van der Waals surface area contributed by atoms with Gasteiger partial charge in [-0.25, -0.2) is 9.97 Å². The molecule has 0 spiro atoms. The zero-order valence-corrected chi connectivity index (χ0v) is 11.1. The minimum Gasteiger partial charge on any atom is -0.381 e. The van der Waals surface area contributed by atoms with Gasteiger partial charge in [-0.3, -0.25) is 0 Å². The highest BCUT2D eigenvalue weighted by Gasteiger charge is 2.06. The first-order valence-electron chi connectivity index (χ1n) is 6.32. The molecule has 0 aliphatic rings. The van der Waals surface area contributed by atoms with Crippen molar-refractivity contribution in [2.45, 2.75) is 46.1 Å². The van der Waals surface area contributed by atoms with E-state index in [1.807, 2.05) is 19.9 Å². The van der Waals surface area contributed by atoms with E-state index < -0.39 is 0 Å². The van der Waals surface area contributed by atoms with Crippen LogP contribution in [0.15, 0.2) is 6.07 Å². The molecular weight excluding hydrogens is 214 g/mol. The van der Waals surface area contributed by atoms with Crippen LogP contribution < -0.4 is 5.73 Å². The smallest absolute Gasteiger partial charge is 0.131 e. The molecule has 0 amide bonds. The Balaban J connectivity index is 2.65. The Morgan fingerprint density at radius 2 is 2.12 bits per heavy atom. The molecule has 1 rings (SSSR count). The fourth-order valence-electron chi connectivity index (χ4n) is 1.64. The zero-order valence-electron chi connectivity index (χ0n) is 11.1. The summed E-state index contributed by atoms with van der Waals surface area (Å²) in [5.74, 6) is 0.858. The van der Waals surface area contributed by atoms with Crippen LogP contribution in [0.4, 0.5) is 0 Å². The molecule has 0 aliphatic carbocycles. The van der Waals surface area contributed by atoms with Crippen LogP contribution >= 0.6 is 0 Å². The van der Waals surface area contributed by atoms with Gasteiger partial charge in [-0.1, -0.05) is 6.92 Å². The minimum atomic E-state index is 0.184. The quantitative estimate of drug-likeness (QED) is 0.732. The highest BCUT2D eigenvalue weighted by atomic mass is 16.5. The molecular formula is C13H23N3O. The summed E-state index contributed by atoms with van der Waals surface area (Å²) in [6, 6.07) is 2.20. The van der Waals surface area contributed by atoms with Gasteiger partial charge in [-0.2, -0.15) is 0 Å². The molecule has 17 heavy (non-hydrogen) atoms. The first-order valence-corrected chi connectivity index (χ1v) is 6.32. The second-order valence-electron chi connectivity index (χ2n) is 4.24. The number of hydrogen-bond donors (Lipinski definition) is 1. The molecule has 0 radical (unpaired) electrons. The summed E-state index contributed by atoms with van der Waals surface area (Å²) >= 11 is 0. The van der Waals surface area contributed by atoms with E-state index in [1.165, 1.54) is 0 Å². The highest BCUT2D eigenvalue weighted by molar-refractivity contribution is 5.11. The average molecular weight is 237 g/mol. The van der Waals surface area contributed by atoms with Gasteiger partial charge in [-0.05, 0) is 26.3 Å². The largest absolute Gasteiger partial charge is 0.381 e. The van der Waals surface area contributed by atoms with Crippen molar-refractivity contribution in [3.05, 3.63) is 23.3 Å². The third kappa shape index (κ3) is 5.24. The van der Waals surface area contributed by atoms with Crippen LogP contribution in [0.5, 0.6) is 0 Å². The summed E-state index contributed by atoms with van der Waals surface area (Å²) in [5, 5.41) is 0. The van der Waals surface area contributed by atoms with Crippen molar-refractivity contribution in [3.8, 4) is 0 Å². The van der Waals surface area contributed by atoms with E-state index in [9.17, 15) is 0 Å². The van der Waals surface area contributed by atoms with Gasteiger partial charge in [0.15, 0.2) is 0 Å². The third-order valence-corrected chi connectivity index (χ3v) is 2.62. The van der Waals surface area contributed by atoms with Crippen molar-refractivity contribution in [2.75, 3.05) is 13.2 Å². The van der Waals surface area contributed by atoms with Crippen molar-refractivity contribution in [2.24, 2.45) is 5.73 Å². The first kappa shape index (κ1) is 14.1. The summed E-state index contributed by atoms with van der Waals surface area (Å²) in [5.41, 5.74) is 7.99. The zero-order chi connectivity index (χ0) is 12.7. The van der Waals surface area contributed by atoms with E-state index >= 15 is 0 Å². The SMILES string of the molecule is CCOCCc1nc(C)cc(CC(N)CC)n1. The van der Waals surface area contributed by atoms with Gasteiger partial charge >= 0.3 is 0 Å². The van der Waals surface area contributed by atoms with Gasteiger partial charge in [0.1, 0.15) is 5.82 Å².